The smallest absolute Gasteiger partial charge is 0.290 e. The van der Waals surface area contributed by atoms with Gasteiger partial charge in [0, 0.05) is 18.7 Å². The van der Waals surface area contributed by atoms with Crippen LogP contribution in [-0.4, -0.2) is 29.4 Å². The Labute approximate surface area is 194 Å². The SMILES string of the molecule is COc1ccc(CCN2C(=O)c3oc4ccccc4c(=O)c3[C@@H]2c2ccc([N+](=O)[O-])cc2)cc1. The number of hydrogen-bond donors (Lipinski definition) is 0. The molecule has 1 aromatic heterocycles. The number of carbonyl (C=O) groups is 1. The Morgan fingerprint density at radius 3 is 2.38 bits per heavy atom. The van der Waals surface area contributed by atoms with Gasteiger partial charge in [0.2, 0.25) is 5.76 Å². The molecular formula is C26H20N2O6. The van der Waals surface area contributed by atoms with E-state index in [0.29, 0.717) is 29.5 Å². The Hall–Kier alpha value is -4.46. The number of ether oxygens (including phenoxy) is 1. The maximum Gasteiger partial charge on any atom is 0.290 e. The molecule has 1 aliphatic heterocycles. The number of nitro groups is 1. The van der Waals surface area contributed by atoms with Gasteiger partial charge in [-0.15, -0.1) is 0 Å². The van der Waals surface area contributed by atoms with Gasteiger partial charge in [0.25, 0.3) is 11.6 Å². The number of para-hydroxylation sites is 1. The lowest BCUT2D eigenvalue weighted by Crippen LogP contribution is -2.31. The zero-order chi connectivity index (χ0) is 23.8. The van der Waals surface area contributed by atoms with Gasteiger partial charge in [0.1, 0.15) is 11.3 Å². The number of methoxy groups -OCH3 is 1. The summed E-state index contributed by atoms with van der Waals surface area (Å²) in [6.45, 7) is 0.326. The summed E-state index contributed by atoms with van der Waals surface area (Å²) >= 11 is 0. The highest BCUT2D eigenvalue weighted by molar-refractivity contribution is 5.99. The molecule has 2 heterocycles. The van der Waals surface area contributed by atoms with Crippen molar-refractivity contribution in [1.29, 1.82) is 0 Å². The summed E-state index contributed by atoms with van der Waals surface area (Å²) in [7, 11) is 1.60. The van der Waals surface area contributed by atoms with Crippen LogP contribution in [0.3, 0.4) is 0 Å². The third kappa shape index (κ3) is 3.59. The largest absolute Gasteiger partial charge is 0.497 e. The van der Waals surface area contributed by atoms with Gasteiger partial charge in [-0.3, -0.25) is 19.7 Å². The fourth-order valence-electron chi connectivity index (χ4n) is 4.36. The molecule has 1 amide bonds. The maximum atomic E-state index is 13.5. The summed E-state index contributed by atoms with van der Waals surface area (Å²) in [6.07, 6.45) is 0.543. The number of benzene rings is 3. The van der Waals surface area contributed by atoms with Crippen molar-refractivity contribution in [2.75, 3.05) is 13.7 Å². The van der Waals surface area contributed by atoms with Crippen LogP contribution in [0, 0.1) is 10.1 Å². The number of fused-ring (bicyclic) bond motifs is 2. The van der Waals surface area contributed by atoms with Crippen LogP contribution in [0.5, 0.6) is 5.75 Å². The molecule has 8 heteroatoms. The Bertz CT molecular complexity index is 1460. The van der Waals surface area contributed by atoms with Crippen molar-refractivity contribution in [3.63, 3.8) is 0 Å². The molecule has 0 spiro atoms. The van der Waals surface area contributed by atoms with E-state index in [-0.39, 0.29) is 28.3 Å². The predicted octanol–water partition coefficient (Wildman–Crippen LogP) is 4.50. The molecule has 0 unspecified atom stereocenters. The van der Waals surface area contributed by atoms with Crippen molar-refractivity contribution in [2.24, 2.45) is 0 Å². The first-order valence-electron chi connectivity index (χ1n) is 10.7. The summed E-state index contributed by atoms with van der Waals surface area (Å²) < 4.78 is 11.1. The summed E-state index contributed by atoms with van der Waals surface area (Å²) in [5.74, 6) is 0.371. The summed E-state index contributed by atoms with van der Waals surface area (Å²) in [6, 6.07) is 19.6. The van der Waals surface area contributed by atoms with E-state index in [1.54, 1.807) is 48.4 Å². The van der Waals surface area contributed by atoms with Gasteiger partial charge >= 0.3 is 0 Å². The summed E-state index contributed by atoms with van der Waals surface area (Å²) in [5.41, 5.74) is 1.86. The van der Waals surface area contributed by atoms with Crippen LogP contribution in [0.15, 0.2) is 82.0 Å². The molecule has 1 aliphatic rings. The highest BCUT2D eigenvalue weighted by atomic mass is 16.6. The minimum atomic E-state index is -0.706. The monoisotopic (exact) mass is 456 g/mol. The van der Waals surface area contributed by atoms with Gasteiger partial charge in [0.15, 0.2) is 5.43 Å². The van der Waals surface area contributed by atoms with E-state index in [9.17, 15) is 19.7 Å². The molecule has 4 aromatic rings. The second-order valence-corrected chi connectivity index (χ2v) is 8.02. The molecule has 0 aliphatic carbocycles. The van der Waals surface area contributed by atoms with Gasteiger partial charge in [-0.2, -0.15) is 0 Å². The summed E-state index contributed by atoms with van der Waals surface area (Å²) in [4.78, 5) is 39.1. The first-order chi connectivity index (χ1) is 16.5. The number of amides is 1. The van der Waals surface area contributed by atoms with Crippen molar-refractivity contribution in [3.8, 4) is 5.75 Å². The van der Waals surface area contributed by atoms with E-state index < -0.39 is 11.0 Å². The maximum absolute atomic E-state index is 13.5. The highest BCUT2D eigenvalue weighted by Crippen LogP contribution is 2.38. The molecule has 1 atom stereocenters. The van der Waals surface area contributed by atoms with Crippen LogP contribution in [0.2, 0.25) is 0 Å². The molecule has 0 fully saturated rings. The third-order valence-corrected chi connectivity index (χ3v) is 6.09. The average molecular weight is 456 g/mol. The first kappa shape index (κ1) is 21.4. The van der Waals surface area contributed by atoms with Crippen LogP contribution in [0.25, 0.3) is 11.0 Å². The normalized spacial score (nSPS) is 14.9. The number of hydrogen-bond acceptors (Lipinski definition) is 6. The van der Waals surface area contributed by atoms with E-state index in [1.807, 2.05) is 24.3 Å². The van der Waals surface area contributed by atoms with Crippen molar-refractivity contribution in [3.05, 3.63) is 116 Å². The molecule has 0 radical (unpaired) electrons. The van der Waals surface area contributed by atoms with Crippen LogP contribution >= 0.6 is 0 Å². The molecule has 34 heavy (non-hydrogen) atoms. The molecule has 0 N–H and O–H groups in total. The second kappa shape index (κ2) is 8.47. The molecule has 0 bridgehead atoms. The Kier molecular flexibility index (Phi) is 5.33. The lowest BCUT2D eigenvalue weighted by Gasteiger charge is -2.25. The molecular weight excluding hydrogens is 436 g/mol. The van der Waals surface area contributed by atoms with E-state index in [4.69, 9.17) is 9.15 Å². The first-order valence-corrected chi connectivity index (χ1v) is 10.7. The quantitative estimate of drug-likeness (QED) is 0.313. The molecule has 170 valence electrons. The van der Waals surface area contributed by atoms with Crippen molar-refractivity contribution in [1.82, 2.24) is 4.90 Å². The number of nitro benzene ring substituents is 1. The van der Waals surface area contributed by atoms with E-state index >= 15 is 0 Å². The van der Waals surface area contributed by atoms with Gasteiger partial charge in [-0.25, -0.2) is 0 Å². The van der Waals surface area contributed by atoms with Crippen LogP contribution in [0.1, 0.15) is 33.3 Å². The predicted molar refractivity (Wildman–Crippen MR) is 125 cm³/mol. The zero-order valence-corrected chi connectivity index (χ0v) is 18.3. The number of rotatable bonds is 6. The molecule has 0 saturated heterocycles. The van der Waals surface area contributed by atoms with Crippen molar-refractivity contribution < 1.29 is 18.9 Å². The molecule has 8 nitrogen and oxygen atoms in total. The van der Waals surface area contributed by atoms with E-state index in [0.717, 1.165) is 11.3 Å². The molecule has 5 rings (SSSR count). The van der Waals surface area contributed by atoms with Gasteiger partial charge < -0.3 is 14.1 Å². The second-order valence-electron chi connectivity index (χ2n) is 8.02. The van der Waals surface area contributed by atoms with Gasteiger partial charge in [-0.1, -0.05) is 24.3 Å². The fraction of sp³-hybridized carbons (Fsp3) is 0.154. The zero-order valence-electron chi connectivity index (χ0n) is 18.3. The Morgan fingerprint density at radius 1 is 1.00 bits per heavy atom. The molecule has 3 aromatic carbocycles. The summed E-state index contributed by atoms with van der Waals surface area (Å²) in [5, 5.41) is 11.5. The van der Waals surface area contributed by atoms with Crippen molar-refractivity contribution >= 4 is 22.6 Å². The van der Waals surface area contributed by atoms with Crippen LogP contribution < -0.4 is 10.2 Å². The van der Waals surface area contributed by atoms with Crippen LogP contribution in [-0.2, 0) is 6.42 Å². The van der Waals surface area contributed by atoms with Crippen LogP contribution in [0.4, 0.5) is 5.69 Å². The molecule has 0 saturated carbocycles. The number of carbonyl (C=O) groups excluding carboxylic acids is 1. The number of non-ortho nitro benzene ring substituents is 1. The minimum Gasteiger partial charge on any atom is -0.497 e. The fourth-order valence-corrected chi connectivity index (χ4v) is 4.36. The van der Waals surface area contributed by atoms with Gasteiger partial charge in [0.05, 0.1) is 29.0 Å². The lowest BCUT2D eigenvalue weighted by atomic mass is 9.98. The Balaban J connectivity index is 1.58. The minimum absolute atomic E-state index is 0.0155. The average Bonchev–Trinajstić information content (AvgIpc) is 3.15. The number of nitrogens with zero attached hydrogens (tertiary/aromatic N) is 2. The standard InChI is InChI=1S/C26H20N2O6/c1-33-19-12-6-16(7-13-19)14-15-27-23(17-8-10-18(11-9-17)28(31)32)22-24(29)20-4-2-3-5-21(20)34-25(22)26(27)30/h2-13,23H,14-15H2,1H3/t23-/m0/s1. The van der Waals surface area contributed by atoms with E-state index in [2.05, 4.69) is 0 Å². The highest BCUT2D eigenvalue weighted by Gasteiger charge is 2.42. The van der Waals surface area contributed by atoms with Crippen molar-refractivity contribution in [2.45, 2.75) is 12.5 Å². The topological polar surface area (TPSA) is 103 Å². The Morgan fingerprint density at radius 2 is 1.71 bits per heavy atom. The lowest BCUT2D eigenvalue weighted by molar-refractivity contribution is -0.384. The van der Waals surface area contributed by atoms with Gasteiger partial charge in [-0.05, 0) is 53.9 Å². The van der Waals surface area contributed by atoms with E-state index in [1.165, 1.54) is 12.1 Å². The third-order valence-electron chi connectivity index (χ3n) is 6.09.